The summed E-state index contributed by atoms with van der Waals surface area (Å²) in [4.78, 5) is 0. The summed E-state index contributed by atoms with van der Waals surface area (Å²) in [5.41, 5.74) is 0.554. The minimum atomic E-state index is 0.294. The van der Waals surface area contributed by atoms with E-state index in [2.05, 4.69) is 42.0 Å². The van der Waals surface area contributed by atoms with Gasteiger partial charge in [0.15, 0.2) is 4.67 Å². The van der Waals surface area contributed by atoms with Crippen LogP contribution in [0.3, 0.4) is 0 Å². The van der Waals surface area contributed by atoms with Crippen molar-refractivity contribution in [3.05, 3.63) is 22.6 Å². The summed E-state index contributed by atoms with van der Waals surface area (Å²) in [6, 6.07) is 4.27. The lowest BCUT2D eigenvalue weighted by molar-refractivity contribution is 0.311. The molecule has 2 nitrogen and oxygen atoms in total. The molecular weight excluding hydrogens is 266 g/mol. The monoisotopic (exact) mass is 285 g/mol. The lowest BCUT2D eigenvalue weighted by atomic mass is 9.92. The third-order valence-corrected chi connectivity index (χ3v) is 4.32. The molecule has 1 aliphatic rings. The highest BCUT2D eigenvalue weighted by molar-refractivity contribution is 9.10. The Balaban J connectivity index is 1.87. The van der Waals surface area contributed by atoms with Crippen LogP contribution < -0.4 is 5.32 Å². The van der Waals surface area contributed by atoms with Gasteiger partial charge >= 0.3 is 0 Å². The highest BCUT2D eigenvalue weighted by atomic mass is 79.9. The molecule has 16 heavy (non-hydrogen) atoms. The smallest absolute Gasteiger partial charge is 0.169 e. The van der Waals surface area contributed by atoms with E-state index in [4.69, 9.17) is 4.42 Å². The summed E-state index contributed by atoms with van der Waals surface area (Å²) < 4.78 is 6.35. The number of hydrogen-bond donors (Lipinski definition) is 1. The summed E-state index contributed by atoms with van der Waals surface area (Å²) in [5.74, 6) is 1.78. The predicted molar refractivity (Wildman–Crippen MR) is 69.3 cm³/mol. The first-order chi connectivity index (χ1) is 7.53. The number of rotatable bonds is 5. The fraction of sp³-hybridized carbons (Fsp3) is 0.692. The quantitative estimate of drug-likeness (QED) is 0.880. The molecule has 1 saturated carbocycles. The number of nitrogens with one attached hydrogen (secondary N) is 1. The third-order valence-electron chi connectivity index (χ3n) is 3.90. The molecule has 0 aromatic carbocycles. The third kappa shape index (κ3) is 2.51. The molecule has 1 fully saturated rings. The molecule has 0 aliphatic heterocycles. The number of halogens is 1. The topological polar surface area (TPSA) is 25.2 Å². The van der Waals surface area contributed by atoms with Gasteiger partial charge in [0.05, 0.1) is 6.04 Å². The lowest BCUT2D eigenvalue weighted by Gasteiger charge is -2.22. The van der Waals surface area contributed by atoms with Crippen LogP contribution in [0.4, 0.5) is 0 Å². The Morgan fingerprint density at radius 2 is 2.06 bits per heavy atom. The van der Waals surface area contributed by atoms with Crippen molar-refractivity contribution in [2.45, 2.75) is 39.7 Å². The van der Waals surface area contributed by atoms with Crippen LogP contribution in [0.1, 0.15) is 45.4 Å². The average molecular weight is 286 g/mol. The Morgan fingerprint density at radius 3 is 2.50 bits per heavy atom. The standard InChI is InChI=1S/C13H20BrNO/c1-9(2)13(6-7-13)8-15-10(3)11-4-5-12(14)16-11/h4-5,9-10,15H,6-8H2,1-3H3. The average Bonchev–Trinajstić information content (AvgIpc) is 2.92. The van der Waals surface area contributed by atoms with Crippen LogP contribution in [0.5, 0.6) is 0 Å². The second kappa shape index (κ2) is 4.53. The van der Waals surface area contributed by atoms with Crippen LogP contribution in [0, 0.1) is 11.3 Å². The predicted octanol–water partition coefficient (Wildman–Crippen LogP) is 4.13. The van der Waals surface area contributed by atoms with E-state index in [1.54, 1.807) is 0 Å². The zero-order chi connectivity index (χ0) is 11.8. The van der Waals surface area contributed by atoms with Gasteiger partial charge in [0, 0.05) is 6.54 Å². The van der Waals surface area contributed by atoms with Gasteiger partial charge in [0.2, 0.25) is 0 Å². The zero-order valence-corrected chi connectivity index (χ0v) is 11.8. The van der Waals surface area contributed by atoms with Gasteiger partial charge in [-0.05, 0) is 59.2 Å². The molecule has 2 rings (SSSR count). The van der Waals surface area contributed by atoms with Crippen LogP contribution in [-0.2, 0) is 0 Å². The van der Waals surface area contributed by atoms with Crippen molar-refractivity contribution in [2.24, 2.45) is 11.3 Å². The van der Waals surface area contributed by atoms with Crippen molar-refractivity contribution in [3.8, 4) is 0 Å². The van der Waals surface area contributed by atoms with Crippen molar-refractivity contribution >= 4 is 15.9 Å². The van der Waals surface area contributed by atoms with E-state index in [9.17, 15) is 0 Å². The van der Waals surface area contributed by atoms with Crippen molar-refractivity contribution in [1.82, 2.24) is 5.32 Å². The molecule has 1 aromatic heterocycles. The summed E-state index contributed by atoms with van der Waals surface area (Å²) >= 11 is 3.33. The van der Waals surface area contributed by atoms with Crippen molar-refractivity contribution in [3.63, 3.8) is 0 Å². The van der Waals surface area contributed by atoms with Crippen LogP contribution in [-0.4, -0.2) is 6.54 Å². The van der Waals surface area contributed by atoms with Gasteiger partial charge in [-0.15, -0.1) is 0 Å². The van der Waals surface area contributed by atoms with Gasteiger partial charge in [-0.25, -0.2) is 0 Å². The highest BCUT2D eigenvalue weighted by Gasteiger charge is 2.44. The molecule has 0 radical (unpaired) electrons. The maximum atomic E-state index is 5.55. The number of furan rings is 1. The first-order valence-electron chi connectivity index (χ1n) is 6.02. The summed E-state index contributed by atoms with van der Waals surface area (Å²) in [6.07, 6.45) is 2.73. The second-order valence-electron chi connectivity index (χ2n) is 5.26. The molecule has 90 valence electrons. The van der Waals surface area contributed by atoms with Crippen molar-refractivity contribution < 1.29 is 4.42 Å². The zero-order valence-electron chi connectivity index (χ0n) is 10.2. The molecule has 0 bridgehead atoms. The van der Waals surface area contributed by atoms with Gasteiger partial charge in [-0.3, -0.25) is 0 Å². The first-order valence-corrected chi connectivity index (χ1v) is 6.81. The van der Waals surface area contributed by atoms with Gasteiger partial charge in [-0.1, -0.05) is 13.8 Å². The molecule has 1 aliphatic carbocycles. The Bertz CT molecular complexity index is 355. The number of hydrogen-bond acceptors (Lipinski definition) is 2. The van der Waals surface area contributed by atoms with Gasteiger partial charge in [0.1, 0.15) is 5.76 Å². The molecule has 1 heterocycles. The fourth-order valence-corrected chi connectivity index (χ4v) is 2.46. The maximum Gasteiger partial charge on any atom is 0.169 e. The van der Waals surface area contributed by atoms with E-state index < -0.39 is 0 Å². The molecule has 3 heteroatoms. The van der Waals surface area contributed by atoms with Crippen LogP contribution in [0.2, 0.25) is 0 Å². The molecule has 1 aromatic rings. The molecule has 1 N–H and O–H groups in total. The van der Waals surface area contributed by atoms with E-state index in [0.717, 1.165) is 22.9 Å². The van der Waals surface area contributed by atoms with E-state index >= 15 is 0 Å². The summed E-state index contributed by atoms with van der Waals surface area (Å²) in [6.45, 7) is 7.90. The molecule has 0 amide bonds. The molecule has 1 atom stereocenters. The Labute approximate surface area is 106 Å². The van der Waals surface area contributed by atoms with Gasteiger partial charge in [-0.2, -0.15) is 0 Å². The second-order valence-corrected chi connectivity index (χ2v) is 6.04. The Morgan fingerprint density at radius 1 is 1.38 bits per heavy atom. The Hall–Kier alpha value is -0.280. The minimum absolute atomic E-state index is 0.294. The molecular formula is C13H20BrNO. The minimum Gasteiger partial charge on any atom is -0.453 e. The summed E-state index contributed by atoms with van der Waals surface area (Å²) in [5, 5.41) is 3.58. The van der Waals surface area contributed by atoms with Crippen molar-refractivity contribution in [2.75, 3.05) is 6.54 Å². The van der Waals surface area contributed by atoms with E-state index in [1.165, 1.54) is 12.8 Å². The SMILES string of the molecule is CC(NCC1(C(C)C)CC1)c1ccc(Br)o1. The van der Waals surface area contributed by atoms with E-state index in [0.29, 0.717) is 11.5 Å². The van der Waals surface area contributed by atoms with Crippen LogP contribution >= 0.6 is 15.9 Å². The maximum absolute atomic E-state index is 5.55. The van der Waals surface area contributed by atoms with Gasteiger partial charge < -0.3 is 9.73 Å². The fourth-order valence-electron chi connectivity index (χ4n) is 2.14. The van der Waals surface area contributed by atoms with Crippen LogP contribution in [0.25, 0.3) is 0 Å². The lowest BCUT2D eigenvalue weighted by Crippen LogP contribution is -2.29. The summed E-state index contributed by atoms with van der Waals surface area (Å²) in [7, 11) is 0. The normalized spacial score (nSPS) is 20.1. The first kappa shape index (κ1) is 12.2. The van der Waals surface area contributed by atoms with Gasteiger partial charge in [0.25, 0.3) is 0 Å². The highest BCUT2D eigenvalue weighted by Crippen LogP contribution is 2.51. The van der Waals surface area contributed by atoms with E-state index in [1.807, 2.05) is 12.1 Å². The Kier molecular flexibility index (Phi) is 3.45. The molecule has 0 spiro atoms. The molecule has 0 saturated heterocycles. The van der Waals surface area contributed by atoms with Crippen LogP contribution in [0.15, 0.2) is 21.2 Å². The van der Waals surface area contributed by atoms with E-state index in [-0.39, 0.29) is 0 Å². The molecule has 1 unspecified atom stereocenters. The largest absolute Gasteiger partial charge is 0.453 e. The van der Waals surface area contributed by atoms with Crippen molar-refractivity contribution in [1.29, 1.82) is 0 Å².